The summed E-state index contributed by atoms with van der Waals surface area (Å²) in [5.41, 5.74) is 0.117. The highest BCUT2D eigenvalue weighted by Crippen LogP contribution is 2.21. The Morgan fingerprint density at radius 3 is 2.30 bits per heavy atom. The molecule has 0 N–H and O–H groups in total. The maximum Gasteiger partial charge on any atom is 0.454 e. The molecule has 2 nitrogen and oxygen atoms in total. The normalized spacial score (nSPS) is 10.6. The second-order valence-electron chi connectivity index (χ2n) is 3.80. The zero-order valence-corrected chi connectivity index (χ0v) is 11.4. The maximum absolute atomic E-state index is 12.2. The molecule has 0 spiro atoms. The number of hydrogen-bond donors (Lipinski definition) is 0. The van der Waals surface area contributed by atoms with E-state index in [1.807, 2.05) is 0 Å². The van der Waals surface area contributed by atoms with Gasteiger partial charge in [-0.05, 0) is 24.3 Å². The van der Waals surface area contributed by atoms with Gasteiger partial charge >= 0.3 is 6.18 Å². The lowest BCUT2D eigenvalue weighted by molar-refractivity contribution is -0.109. The van der Waals surface area contributed by atoms with Crippen molar-refractivity contribution in [2.45, 2.75) is 19.5 Å². The average Bonchev–Trinajstić information content (AvgIpc) is 2.37. The van der Waals surface area contributed by atoms with Crippen molar-refractivity contribution in [2.24, 2.45) is 0 Å². The summed E-state index contributed by atoms with van der Waals surface area (Å²) in [4.78, 5) is 21.6. The molecular formula is C14H11F3O2S. The van der Waals surface area contributed by atoms with Crippen molar-refractivity contribution in [2.75, 3.05) is 5.75 Å². The monoisotopic (exact) mass is 300 g/mol. The van der Waals surface area contributed by atoms with Crippen molar-refractivity contribution in [3.8, 4) is 11.8 Å². The highest BCUT2D eigenvalue weighted by Gasteiger charge is 2.39. The minimum absolute atomic E-state index is 0.0156. The molecule has 6 heteroatoms. The number of benzene rings is 1. The molecule has 0 aliphatic rings. The maximum atomic E-state index is 12.2. The van der Waals surface area contributed by atoms with E-state index >= 15 is 0 Å². The summed E-state index contributed by atoms with van der Waals surface area (Å²) >= 11 is 1.16. The Labute approximate surface area is 118 Å². The molecule has 106 valence electrons. The van der Waals surface area contributed by atoms with Crippen LogP contribution in [0, 0.1) is 11.8 Å². The van der Waals surface area contributed by atoms with Gasteiger partial charge in [0.25, 0.3) is 5.78 Å². The number of carbonyl (C=O) groups excluding carboxylic acids is 2. The van der Waals surface area contributed by atoms with Gasteiger partial charge in [-0.15, -0.1) is 0 Å². The van der Waals surface area contributed by atoms with Crippen LogP contribution in [0.2, 0.25) is 0 Å². The third-order valence-electron chi connectivity index (χ3n) is 2.17. The molecule has 0 atom stereocenters. The molecule has 20 heavy (non-hydrogen) atoms. The molecule has 0 aromatic heterocycles. The van der Waals surface area contributed by atoms with Gasteiger partial charge < -0.3 is 0 Å². The van der Waals surface area contributed by atoms with Gasteiger partial charge in [-0.3, -0.25) is 9.59 Å². The van der Waals surface area contributed by atoms with Gasteiger partial charge in [-0.25, -0.2) is 0 Å². The van der Waals surface area contributed by atoms with Crippen LogP contribution < -0.4 is 0 Å². The molecule has 0 aliphatic carbocycles. The van der Waals surface area contributed by atoms with E-state index in [1.54, 1.807) is 0 Å². The zero-order valence-electron chi connectivity index (χ0n) is 10.6. The predicted octanol–water partition coefficient (Wildman–Crippen LogP) is 3.45. The lowest BCUT2D eigenvalue weighted by Gasteiger charge is -2.04. The second kappa shape index (κ2) is 7.15. The van der Waals surface area contributed by atoms with Crippen molar-refractivity contribution in [3.63, 3.8) is 0 Å². The van der Waals surface area contributed by atoms with Crippen molar-refractivity contribution in [1.29, 1.82) is 0 Å². The number of thioether (sulfide) groups is 1. The number of Topliss-reactive ketones (excluding diaryl/α,β-unsaturated/α-hetero) is 1. The van der Waals surface area contributed by atoms with Crippen LogP contribution >= 0.6 is 11.8 Å². The molecule has 0 saturated carbocycles. The third-order valence-corrected chi connectivity index (χ3v) is 2.98. The number of hydrogen-bond acceptors (Lipinski definition) is 3. The van der Waals surface area contributed by atoms with E-state index in [9.17, 15) is 22.8 Å². The van der Waals surface area contributed by atoms with E-state index in [2.05, 4.69) is 11.8 Å². The van der Waals surface area contributed by atoms with Gasteiger partial charge in [0, 0.05) is 30.2 Å². The summed E-state index contributed by atoms with van der Waals surface area (Å²) < 4.78 is 36.5. The van der Waals surface area contributed by atoms with Crippen molar-refractivity contribution in [3.05, 3.63) is 35.4 Å². The summed E-state index contributed by atoms with van der Waals surface area (Å²) in [6, 6.07) is 4.93. The smallest absolute Gasteiger partial charge is 0.288 e. The Morgan fingerprint density at radius 2 is 1.80 bits per heavy atom. The van der Waals surface area contributed by atoms with E-state index in [0.29, 0.717) is 17.7 Å². The van der Waals surface area contributed by atoms with E-state index in [4.69, 9.17) is 0 Å². The summed E-state index contributed by atoms with van der Waals surface area (Å²) in [5, 5.41) is 0.0156. The SMILES string of the molecule is CC(=O)SCCC#Cc1ccc(C(=O)C(F)(F)F)cc1. The fourth-order valence-corrected chi connectivity index (χ4v) is 1.77. The van der Waals surface area contributed by atoms with Crippen LogP contribution in [0.3, 0.4) is 0 Å². The first-order chi connectivity index (χ1) is 9.30. The number of halogens is 3. The molecule has 0 amide bonds. The van der Waals surface area contributed by atoms with Crippen LogP contribution in [0.4, 0.5) is 13.2 Å². The Kier molecular flexibility index (Phi) is 5.83. The van der Waals surface area contributed by atoms with Crippen LogP contribution in [-0.2, 0) is 4.79 Å². The molecule has 1 rings (SSSR count). The summed E-state index contributed by atoms with van der Waals surface area (Å²) in [6.45, 7) is 1.47. The quantitative estimate of drug-likeness (QED) is 0.487. The van der Waals surface area contributed by atoms with Crippen LogP contribution in [0.1, 0.15) is 29.3 Å². The first-order valence-corrected chi connectivity index (χ1v) is 6.63. The Balaban J connectivity index is 2.62. The lowest BCUT2D eigenvalue weighted by Crippen LogP contribution is -2.22. The van der Waals surface area contributed by atoms with Crippen LogP contribution in [0.25, 0.3) is 0 Å². The van der Waals surface area contributed by atoms with Crippen molar-refractivity contribution >= 4 is 22.7 Å². The molecule has 0 fully saturated rings. The van der Waals surface area contributed by atoms with Gasteiger partial charge in [-0.1, -0.05) is 23.6 Å². The highest BCUT2D eigenvalue weighted by atomic mass is 32.2. The predicted molar refractivity (Wildman–Crippen MR) is 71.5 cm³/mol. The van der Waals surface area contributed by atoms with Gasteiger partial charge in [0.1, 0.15) is 0 Å². The first kappa shape index (κ1) is 16.3. The van der Waals surface area contributed by atoms with E-state index in [0.717, 1.165) is 23.9 Å². The number of alkyl halides is 3. The topological polar surface area (TPSA) is 34.1 Å². The van der Waals surface area contributed by atoms with Crippen molar-refractivity contribution < 1.29 is 22.8 Å². The molecule has 0 aliphatic heterocycles. The van der Waals surface area contributed by atoms with E-state index in [1.165, 1.54) is 19.1 Å². The standard InChI is InChI=1S/C14H11F3O2S/c1-10(18)20-9-3-2-4-11-5-7-12(8-6-11)13(19)14(15,16)17/h5-8H,3,9H2,1H3. The Bertz CT molecular complexity index is 551. The summed E-state index contributed by atoms with van der Waals surface area (Å²) in [6.07, 6.45) is -4.36. The molecule has 0 radical (unpaired) electrons. The largest absolute Gasteiger partial charge is 0.454 e. The fourth-order valence-electron chi connectivity index (χ4n) is 1.28. The van der Waals surface area contributed by atoms with Crippen LogP contribution in [-0.4, -0.2) is 22.8 Å². The minimum atomic E-state index is -4.86. The number of ketones is 1. The zero-order chi connectivity index (χ0) is 15.2. The Hall–Kier alpha value is -1.74. The Morgan fingerprint density at radius 1 is 1.20 bits per heavy atom. The van der Waals surface area contributed by atoms with E-state index in [-0.39, 0.29) is 5.12 Å². The van der Waals surface area contributed by atoms with Crippen LogP contribution in [0.15, 0.2) is 24.3 Å². The number of carbonyl (C=O) groups is 2. The molecule has 1 aromatic rings. The molecule has 0 heterocycles. The van der Waals surface area contributed by atoms with Crippen LogP contribution in [0.5, 0.6) is 0 Å². The fraction of sp³-hybridized carbons (Fsp3) is 0.286. The average molecular weight is 300 g/mol. The molecule has 1 aromatic carbocycles. The van der Waals surface area contributed by atoms with Gasteiger partial charge in [0.05, 0.1) is 0 Å². The molecular weight excluding hydrogens is 289 g/mol. The lowest BCUT2D eigenvalue weighted by atomic mass is 10.1. The summed E-state index contributed by atoms with van der Waals surface area (Å²) in [7, 11) is 0. The minimum Gasteiger partial charge on any atom is -0.288 e. The second-order valence-corrected chi connectivity index (χ2v) is 5.07. The third kappa shape index (κ3) is 5.49. The van der Waals surface area contributed by atoms with Gasteiger partial charge in [0.2, 0.25) is 0 Å². The molecule has 0 unspecified atom stereocenters. The number of rotatable bonds is 3. The van der Waals surface area contributed by atoms with Gasteiger partial charge in [0.15, 0.2) is 5.12 Å². The summed E-state index contributed by atoms with van der Waals surface area (Å²) in [5.74, 6) is 4.27. The molecule has 0 saturated heterocycles. The highest BCUT2D eigenvalue weighted by molar-refractivity contribution is 8.13. The van der Waals surface area contributed by atoms with Gasteiger partial charge in [-0.2, -0.15) is 13.2 Å². The van der Waals surface area contributed by atoms with Crippen molar-refractivity contribution in [1.82, 2.24) is 0 Å². The molecule has 0 bridgehead atoms. The first-order valence-electron chi connectivity index (χ1n) is 5.64. The van der Waals surface area contributed by atoms with E-state index < -0.39 is 17.5 Å².